The smallest absolute Gasteiger partial charge is 0.0618 e. The number of hydrogen-bond acceptors (Lipinski definition) is 2. The van der Waals surface area contributed by atoms with E-state index in [0.717, 1.165) is 6.54 Å². The second-order valence-electron chi connectivity index (χ2n) is 6.36. The van der Waals surface area contributed by atoms with Crippen molar-refractivity contribution in [3.63, 3.8) is 0 Å². The summed E-state index contributed by atoms with van der Waals surface area (Å²) in [7, 11) is 2.24. The minimum atomic E-state index is 0.340. The van der Waals surface area contributed by atoms with Gasteiger partial charge in [-0.15, -0.1) is 0 Å². The van der Waals surface area contributed by atoms with Crippen LogP contribution in [0, 0.1) is 0 Å². The van der Waals surface area contributed by atoms with Crippen molar-refractivity contribution in [3.05, 3.63) is 23.8 Å². The van der Waals surface area contributed by atoms with E-state index in [4.69, 9.17) is 0 Å². The number of anilines is 2. The molecule has 0 unspecified atom stereocenters. The highest BCUT2D eigenvalue weighted by molar-refractivity contribution is 5.77. The first-order chi connectivity index (χ1) is 8.61. The summed E-state index contributed by atoms with van der Waals surface area (Å²) >= 11 is 0. The van der Waals surface area contributed by atoms with Crippen LogP contribution < -0.4 is 10.2 Å². The van der Waals surface area contributed by atoms with Crippen LogP contribution in [-0.4, -0.2) is 19.1 Å². The molecular weight excluding hydrogens is 220 g/mol. The number of likely N-dealkylation sites (N-methyl/N-ethyl adjacent to an activating group) is 1. The van der Waals surface area contributed by atoms with Crippen molar-refractivity contribution in [1.82, 2.24) is 0 Å². The van der Waals surface area contributed by atoms with E-state index in [2.05, 4.69) is 49.3 Å². The molecule has 1 aromatic rings. The molecule has 2 nitrogen and oxygen atoms in total. The lowest BCUT2D eigenvalue weighted by Crippen LogP contribution is -2.49. The van der Waals surface area contributed by atoms with Crippen LogP contribution in [0.4, 0.5) is 11.4 Å². The molecule has 98 valence electrons. The van der Waals surface area contributed by atoms with Crippen molar-refractivity contribution in [2.24, 2.45) is 0 Å². The molecule has 1 aliphatic carbocycles. The van der Waals surface area contributed by atoms with Gasteiger partial charge in [0.15, 0.2) is 0 Å². The molecule has 0 radical (unpaired) electrons. The Labute approximate surface area is 110 Å². The number of benzene rings is 1. The van der Waals surface area contributed by atoms with Crippen LogP contribution in [0.1, 0.15) is 51.0 Å². The fourth-order valence-corrected chi connectivity index (χ4v) is 3.67. The summed E-state index contributed by atoms with van der Waals surface area (Å²) in [5.74, 6) is 0.581. The van der Waals surface area contributed by atoms with Crippen LogP contribution in [0.15, 0.2) is 18.2 Å². The summed E-state index contributed by atoms with van der Waals surface area (Å²) in [4.78, 5) is 2.45. The molecule has 1 N–H and O–H groups in total. The molecule has 1 spiro atoms. The molecule has 0 saturated heterocycles. The lowest BCUT2D eigenvalue weighted by atomic mass is 9.90. The Bertz CT molecular complexity index is 430. The van der Waals surface area contributed by atoms with Gasteiger partial charge < -0.3 is 10.2 Å². The predicted molar refractivity (Wildman–Crippen MR) is 78.6 cm³/mol. The third-order valence-electron chi connectivity index (χ3n) is 4.60. The highest BCUT2D eigenvalue weighted by Crippen LogP contribution is 2.44. The molecular formula is C16H24N2. The third kappa shape index (κ3) is 1.79. The van der Waals surface area contributed by atoms with Crippen LogP contribution in [0.25, 0.3) is 0 Å². The van der Waals surface area contributed by atoms with Crippen molar-refractivity contribution < 1.29 is 0 Å². The Balaban J connectivity index is 2.05. The minimum absolute atomic E-state index is 0.340. The molecule has 0 atom stereocenters. The molecule has 0 bridgehead atoms. The van der Waals surface area contributed by atoms with E-state index in [0.29, 0.717) is 11.5 Å². The number of nitrogens with zero attached hydrogens (tertiary/aromatic N) is 1. The van der Waals surface area contributed by atoms with Crippen molar-refractivity contribution in [2.45, 2.75) is 51.0 Å². The normalized spacial score (nSPS) is 21.2. The number of fused-ring (bicyclic) bond motifs is 1. The van der Waals surface area contributed by atoms with Crippen LogP contribution in [-0.2, 0) is 0 Å². The van der Waals surface area contributed by atoms with Crippen molar-refractivity contribution in [3.8, 4) is 0 Å². The molecule has 2 heteroatoms. The van der Waals surface area contributed by atoms with Crippen molar-refractivity contribution in [1.29, 1.82) is 0 Å². The molecule has 1 aromatic carbocycles. The lowest BCUT2D eigenvalue weighted by Gasteiger charge is -2.43. The van der Waals surface area contributed by atoms with E-state index in [1.807, 2.05) is 0 Å². The summed E-state index contributed by atoms with van der Waals surface area (Å²) in [6.07, 6.45) is 5.40. The second-order valence-corrected chi connectivity index (χ2v) is 6.36. The Morgan fingerprint density at radius 1 is 1.22 bits per heavy atom. The van der Waals surface area contributed by atoms with E-state index >= 15 is 0 Å². The molecule has 0 aromatic heterocycles. The minimum Gasteiger partial charge on any atom is -0.376 e. The average Bonchev–Trinajstić information content (AvgIpc) is 2.76. The summed E-state index contributed by atoms with van der Waals surface area (Å²) in [5, 5.41) is 3.91. The van der Waals surface area contributed by atoms with Gasteiger partial charge in [0, 0.05) is 13.6 Å². The zero-order chi connectivity index (χ0) is 12.8. The Morgan fingerprint density at radius 2 is 1.94 bits per heavy atom. The van der Waals surface area contributed by atoms with Gasteiger partial charge in [-0.3, -0.25) is 0 Å². The van der Waals surface area contributed by atoms with Crippen molar-refractivity contribution in [2.75, 3.05) is 23.8 Å². The van der Waals surface area contributed by atoms with E-state index in [-0.39, 0.29) is 0 Å². The summed E-state index contributed by atoms with van der Waals surface area (Å²) < 4.78 is 0. The number of nitrogens with one attached hydrogen (secondary N) is 1. The van der Waals surface area contributed by atoms with Gasteiger partial charge in [0.2, 0.25) is 0 Å². The van der Waals surface area contributed by atoms with E-state index in [1.54, 1.807) is 0 Å². The number of hydrogen-bond donors (Lipinski definition) is 1. The predicted octanol–water partition coefficient (Wildman–Crippen LogP) is 3.98. The Kier molecular flexibility index (Phi) is 2.76. The molecule has 1 heterocycles. The lowest BCUT2D eigenvalue weighted by molar-refractivity contribution is 0.471. The van der Waals surface area contributed by atoms with Gasteiger partial charge >= 0.3 is 0 Å². The van der Waals surface area contributed by atoms with Crippen molar-refractivity contribution >= 4 is 11.4 Å². The van der Waals surface area contributed by atoms with Crippen LogP contribution >= 0.6 is 0 Å². The number of rotatable bonds is 1. The van der Waals surface area contributed by atoms with E-state index in [9.17, 15) is 0 Å². The highest BCUT2D eigenvalue weighted by atomic mass is 15.2. The Morgan fingerprint density at radius 3 is 2.61 bits per heavy atom. The van der Waals surface area contributed by atoms with Gasteiger partial charge in [-0.2, -0.15) is 0 Å². The summed E-state index contributed by atoms with van der Waals surface area (Å²) in [6, 6.07) is 6.72. The molecule has 1 saturated carbocycles. The highest BCUT2D eigenvalue weighted by Gasteiger charge is 2.39. The fraction of sp³-hybridized carbons (Fsp3) is 0.625. The van der Waals surface area contributed by atoms with Crippen LogP contribution in [0.2, 0.25) is 0 Å². The van der Waals surface area contributed by atoms with Gasteiger partial charge in [-0.25, -0.2) is 0 Å². The topological polar surface area (TPSA) is 15.3 Å². The standard InChI is InChI=1S/C16H24N2/c1-12(2)13-7-6-8-14-15(13)17-16(11-18(14)3)9-4-5-10-16/h6-8,12,17H,4-5,9-11H2,1-3H3. The van der Waals surface area contributed by atoms with Gasteiger partial charge in [0.1, 0.15) is 0 Å². The van der Waals surface area contributed by atoms with E-state index in [1.165, 1.54) is 42.6 Å². The molecule has 18 heavy (non-hydrogen) atoms. The van der Waals surface area contributed by atoms with Gasteiger partial charge in [-0.05, 0) is 30.4 Å². The molecule has 1 aliphatic heterocycles. The summed E-state index contributed by atoms with van der Waals surface area (Å²) in [6.45, 7) is 5.72. The first kappa shape index (κ1) is 11.9. The molecule has 3 rings (SSSR count). The van der Waals surface area contributed by atoms with Crippen LogP contribution in [0.3, 0.4) is 0 Å². The average molecular weight is 244 g/mol. The van der Waals surface area contributed by atoms with Gasteiger partial charge in [0.25, 0.3) is 0 Å². The van der Waals surface area contributed by atoms with Gasteiger partial charge in [0.05, 0.1) is 16.9 Å². The first-order valence-corrected chi connectivity index (χ1v) is 7.24. The van der Waals surface area contributed by atoms with Gasteiger partial charge in [-0.1, -0.05) is 38.8 Å². The second kappa shape index (κ2) is 4.18. The zero-order valence-corrected chi connectivity index (χ0v) is 11.8. The molecule has 1 fully saturated rings. The first-order valence-electron chi connectivity index (χ1n) is 7.24. The van der Waals surface area contributed by atoms with Crippen LogP contribution in [0.5, 0.6) is 0 Å². The SMILES string of the molecule is CC(C)c1cccc2c1NC1(CCCC1)CN2C. The largest absolute Gasteiger partial charge is 0.376 e. The zero-order valence-electron chi connectivity index (χ0n) is 11.8. The molecule has 0 amide bonds. The third-order valence-corrected chi connectivity index (χ3v) is 4.60. The quantitative estimate of drug-likeness (QED) is 0.803. The maximum Gasteiger partial charge on any atom is 0.0618 e. The maximum absolute atomic E-state index is 3.91. The summed E-state index contributed by atoms with van der Waals surface area (Å²) in [5.41, 5.74) is 4.57. The monoisotopic (exact) mass is 244 g/mol. The maximum atomic E-state index is 3.91. The fourth-order valence-electron chi connectivity index (χ4n) is 3.67. The van der Waals surface area contributed by atoms with E-state index < -0.39 is 0 Å². The molecule has 2 aliphatic rings. The Hall–Kier alpha value is -1.18. The number of para-hydroxylation sites is 1.